The van der Waals surface area contributed by atoms with Crippen LogP contribution < -0.4 is 15.4 Å². The number of ether oxygens (including phenoxy) is 1. The lowest BCUT2D eigenvalue weighted by Crippen LogP contribution is -2.12. The summed E-state index contributed by atoms with van der Waals surface area (Å²) in [5, 5.41) is 12.0. The van der Waals surface area contributed by atoms with Gasteiger partial charge in [0, 0.05) is 6.07 Å². The van der Waals surface area contributed by atoms with Crippen molar-refractivity contribution in [3.63, 3.8) is 0 Å². The van der Waals surface area contributed by atoms with Gasteiger partial charge in [0.1, 0.15) is 11.6 Å². The van der Waals surface area contributed by atoms with Gasteiger partial charge in [-0.15, -0.1) is 5.10 Å². The molecule has 0 bridgehead atoms. The van der Waals surface area contributed by atoms with Crippen LogP contribution in [-0.4, -0.2) is 31.3 Å². The maximum absolute atomic E-state index is 14.3. The minimum atomic E-state index is -0.819. The second kappa shape index (κ2) is 8.34. The average Bonchev–Trinajstić information content (AvgIpc) is 3.06. The van der Waals surface area contributed by atoms with Crippen LogP contribution in [0.15, 0.2) is 24.4 Å². The van der Waals surface area contributed by atoms with E-state index in [4.69, 9.17) is 16.3 Å². The zero-order valence-electron chi connectivity index (χ0n) is 15.3. The number of rotatable bonds is 7. The fourth-order valence-electron chi connectivity index (χ4n) is 2.27. The summed E-state index contributed by atoms with van der Waals surface area (Å²) < 4.78 is 32.8. The molecule has 0 spiro atoms. The number of hydrogen-bond acceptors (Lipinski definition) is 7. The molecule has 0 aliphatic heterocycles. The molecule has 148 valence electrons. The van der Waals surface area contributed by atoms with Crippen molar-refractivity contribution in [2.75, 3.05) is 10.6 Å². The van der Waals surface area contributed by atoms with E-state index >= 15 is 0 Å². The van der Waals surface area contributed by atoms with Crippen molar-refractivity contribution >= 4 is 29.2 Å². The van der Waals surface area contributed by atoms with E-state index in [0.717, 1.165) is 6.20 Å². The Bertz CT molecular complexity index is 949. The number of nitrogens with zero attached hydrogens (tertiary/aromatic N) is 4. The van der Waals surface area contributed by atoms with E-state index in [2.05, 4.69) is 35.8 Å². The Morgan fingerprint density at radius 2 is 1.96 bits per heavy atom. The highest BCUT2D eigenvalue weighted by Gasteiger charge is 2.17. The smallest absolute Gasteiger partial charge is 0.234 e. The SMILES string of the molecule is CC(C)Oc1cc(Nc2nc(N[C@@H](C)c3ccc(F)cn3)nc(Cl)c2F)[nH]n1. The summed E-state index contributed by atoms with van der Waals surface area (Å²) in [6.45, 7) is 5.50. The van der Waals surface area contributed by atoms with Gasteiger partial charge in [-0.25, -0.2) is 4.39 Å². The molecule has 3 heterocycles. The highest BCUT2D eigenvalue weighted by atomic mass is 35.5. The van der Waals surface area contributed by atoms with E-state index in [1.165, 1.54) is 12.1 Å². The number of aromatic amines is 1. The van der Waals surface area contributed by atoms with Gasteiger partial charge < -0.3 is 15.4 Å². The summed E-state index contributed by atoms with van der Waals surface area (Å²) in [6.07, 6.45) is 1.05. The summed E-state index contributed by atoms with van der Waals surface area (Å²) >= 11 is 5.89. The molecule has 3 rings (SSSR count). The van der Waals surface area contributed by atoms with Crippen LogP contribution >= 0.6 is 11.6 Å². The number of nitrogens with one attached hydrogen (secondary N) is 3. The molecule has 28 heavy (non-hydrogen) atoms. The molecule has 0 aliphatic rings. The molecule has 3 N–H and O–H groups in total. The van der Waals surface area contributed by atoms with Gasteiger partial charge >= 0.3 is 0 Å². The minimum Gasteiger partial charge on any atom is -0.474 e. The van der Waals surface area contributed by atoms with Gasteiger partial charge in [0.2, 0.25) is 17.6 Å². The van der Waals surface area contributed by atoms with Gasteiger partial charge in [-0.1, -0.05) is 11.6 Å². The number of hydrogen-bond donors (Lipinski definition) is 3. The van der Waals surface area contributed by atoms with E-state index in [9.17, 15) is 8.78 Å². The third-order valence-electron chi connectivity index (χ3n) is 3.51. The first-order valence-electron chi connectivity index (χ1n) is 8.42. The maximum atomic E-state index is 14.3. The quantitative estimate of drug-likeness (QED) is 0.502. The highest BCUT2D eigenvalue weighted by molar-refractivity contribution is 6.29. The van der Waals surface area contributed by atoms with Crippen LogP contribution in [-0.2, 0) is 0 Å². The number of aromatic nitrogens is 5. The molecule has 3 aromatic rings. The predicted molar refractivity (Wildman–Crippen MR) is 101 cm³/mol. The molecule has 0 aromatic carbocycles. The topological polar surface area (TPSA) is 101 Å². The van der Waals surface area contributed by atoms with Crippen LogP contribution in [0.3, 0.4) is 0 Å². The summed E-state index contributed by atoms with van der Waals surface area (Å²) in [4.78, 5) is 12.0. The molecule has 0 saturated heterocycles. The van der Waals surface area contributed by atoms with Crippen LogP contribution in [0.25, 0.3) is 0 Å². The first-order chi connectivity index (χ1) is 13.3. The lowest BCUT2D eigenvalue weighted by molar-refractivity contribution is 0.232. The molecule has 0 radical (unpaired) electrons. The van der Waals surface area contributed by atoms with Gasteiger partial charge in [-0.2, -0.15) is 14.4 Å². The van der Waals surface area contributed by atoms with Crippen molar-refractivity contribution in [1.82, 2.24) is 25.1 Å². The largest absolute Gasteiger partial charge is 0.474 e. The van der Waals surface area contributed by atoms with E-state index in [-0.39, 0.29) is 29.1 Å². The Labute approximate surface area is 164 Å². The average molecular weight is 410 g/mol. The predicted octanol–water partition coefficient (Wildman–Crippen LogP) is 4.23. The Hall–Kier alpha value is -3.01. The minimum absolute atomic E-state index is 0.0567. The van der Waals surface area contributed by atoms with E-state index in [0.29, 0.717) is 17.4 Å². The summed E-state index contributed by atoms with van der Waals surface area (Å²) in [7, 11) is 0. The van der Waals surface area contributed by atoms with Crippen molar-refractivity contribution in [2.24, 2.45) is 0 Å². The van der Waals surface area contributed by atoms with Gasteiger partial charge in [0.15, 0.2) is 11.0 Å². The van der Waals surface area contributed by atoms with E-state index < -0.39 is 11.6 Å². The summed E-state index contributed by atoms with van der Waals surface area (Å²) in [6, 6.07) is 4.01. The second-order valence-electron chi connectivity index (χ2n) is 6.18. The number of pyridine rings is 1. The van der Waals surface area contributed by atoms with Crippen LogP contribution in [0.5, 0.6) is 5.88 Å². The Balaban J connectivity index is 1.78. The number of H-pyrrole nitrogens is 1. The molecule has 0 saturated carbocycles. The van der Waals surface area contributed by atoms with Gasteiger partial charge in [0.05, 0.1) is 24.0 Å². The Kier molecular flexibility index (Phi) is 5.88. The fourth-order valence-corrected chi connectivity index (χ4v) is 2.44. The molecular weight excluding hydrogens is 392 g/mol. The van der Waals surface area contributed by atoms with Crippen LogP contribution in [0, 0.1) is 11.6 Å². The fraction of sp³-hybridized carbons (Fsp3) is 0.294. The zero-order valence-corrected chi connectivity index (χ0v) is 16.1. The van der Waals surface area contributed by atoms with Crippen molar-refractivity contribution in [2.45, 2.75) is 32.9 Å². The normalized spacial score (nSPS) is 12.1. The van der Waals surface area contributed by atoms with Crippen LogP contribution in [0.2, 0.25) is 5.15 Å². The summed E-state index contributed by atoms with van der Waals surface area (Å²) in [5.41, 5.74) is 0.559. The van der Waals surface area contributed by atoms with Crippen molar-refractivity contribution < 1.29 is 13.5 Å². The number of anilines is 3. The monoisotopic (exact) mass is 409 g/mol. The van der Waals surface area contributed by atoms with Crippen LogP contribution in [0.1, 0.15) is 32.5 Å². The Morgan fingerprint density at radius 1 is 1.18 bits per heavy atom. The maximum Gasteiger partial charge on any atom is 0.234 e. The van der Waals surface area contributed by atoms with Gasteiger partial charge in [0.25, 0.3) is 0 Å². The standard InChI is InChI=1S/C17H18ClF2N7O/c1-8(2)28-13-6-12(26-27-13)23-16-14(20)15(18)24-17(25-16)22-9(3)11-5-4-10(19)7-21-11/h4-9H,1-3H3,(H3,22,23,24,25,26,27)/t9-/m0/s1. The first kappa shape index (κ1) is 19.7. The molecule has 3 aromatic heterocycles. The lowest BCUT2D eigenvalue weighted by Gasteiger charge is -2.14. The molecule has 0 aliphatic carbocycles. The third-order valence-corrected chi connectivity index (χ3v) is 3.76. The molecule has 0 unspecified atom stereocenters. The van der Waals surface area contributed by atoms with E-state index in [1.54, 1.807) is 13.0 Å². The molecule has 8 nitrogen and oxygen atoms in total. The summed E-state index contributed by atoms with van der Waals surface area (Å²) in [5.74, 6) is -0.618. The molecule has 0 fully saturated rings. The third kappa shape index (κ3) is 4.83. The first-order valence-corrected chi connectivity index (χ1v) is 8.79. The molecule has 0 amide bonds. The number of halogens is 3. The zero-order chi connectivity index (χ0) is 20.3. The Morgan fingerprint density at radius 3 is 2.64 bits per heavy atom. The van der Waals surface area contributed by atoms with Gasteiger partial charge in [-0.05, 0) is 32.9 Å². The van der Waals surface area contributed by atoms with Crippen molar-refractivity contribution in [3.05, 3.63) is 46.9 Å². The van der Waals surface area contributed by atoms with Crippen molar-refractivity contribution in [3.8, 4) is 5.88 Å². The van der Waals surface area contributed by atoms with Crippen molar-refractivity contribution in [1.29, 1.82) is 0 Å². The molecule has 11 heteroatoms. The molecule has 1 atom stereocenters. The molecular formula is C17H18ClF2N7O. The van der Waals surface area contributed by atoms with E-state index in [1.807, 2.05) is 13.8 Å². The lowest BCUT2D eigenvalue weighted by atomic mass is 10.2. The van der Waals surface area contributed by atoms with Gasteiger partial charge in [-0.3, -0.25) is 10.1 Å². The highest BCUT2D eigenvalue weighted by Crippen LogP contribution is 2.26. The second-order valence-corrected chi connectivity index (χ2v) is 6.54. The van der Waals surface area contributed by atoms with Crippen LogP contribution in [0.4, 0.5) is 26.4 Å².